The van der Waals surface area contributed by atoms with Gasteiger partial charge >= 0.3 is 12.1 Å². The summed E-state index contributed by atoms with van der Waals surface area (Å²) in [5, 5.41) is 21.9. The highest BCUT2D eigenvalue weighted by Gasteiger charge is 2.32. The molecule has 4 aromatic rings. The predicted octanol–water partition coefficient (Wildman–Crippen LogP) is 4.51. The SMILES string of the molecule is Cc1cc(-c2noc(-c3cn4cc(C(F)(F)F)cc(Cl)c4n3)n2)c(Cl)cc1OCC(O)C(=O)O. The molecule has 9 nitrogen and oxygen atoms in total. The van der Waals surface area contributed by atoms with Gasteiger partial charge in [-0.15, -0.1) is 0 Å². The normalized spacial score (nSPS) is 12.8. The number of fused-ring (bicyclic) bond motifs is 1. The lowest BCUT2D eigenvalue weighted by Crippen LogP contribution is -2.27. The Labute approximate surface area is 198 Å². The fourth-order valence-corrected chi connectivity index (χ4v) is 3.48. The molecule has 0 amide bonds. The van der Waals surface area contributed by atoms with Crippen LogP contribution in [-0.4, -0.2) is 48.4 Å². The van der Waals surface area contributed by atoms with Gasteiger partial charge in [0, 0.05) is 18.0 Å². The monoisotopic (exact) mass is 516 g/mol. The maximum Gasteiger partial charge on any atom is 0.417 e. The highest BCUT2D eigenvalue weighted by Crippen LogP contribution is 2.35. The van der Waals surface area contributed by atoms with E-state index in [1.807, 2.05) is 0 Å². The summed E-state index contributed by atoms with van der Waals surface area (Å²) in [6.45, 7) is 1.18. The summed E-state index contributed by atoms with van der Waals surface area (Å²) in [5.74, 6) is -1.20. The molecule has 0 saturated heterocycles. The van der Waals surface area contributed by atoms with Crippen molar-refractivity contribution in [3.05, 3.63) is 51.8 Å². The molecular formula is C20H13Cl2F3N4O5. The Kier molecular flexibility index (Phi) is 6.14. The summed E-state index contributed by atoms with van der Waals surface area (Å²) in [5.41, 5.74) is 0.114. The fourth-order valence-electron chi connectivity index (χ4n) is 2.98. The summed E-state index contributed by atoms with van der Waals surface area (Å²) >= 11 is 12.2. The number of imidazole rings is 1. The van der Waals surface area contributed by atoms with E-state index in [2.05, 4.69) is 15.1 Å². The van der Waals surface area contributed by atoms with Crippen LogP contribution in [0.15, 0.2) is 35.1 Å². The van der Waals surface area contributed by atoms with Gasteiger partial charge in [-0.3, -0.25) is 0 Å². The maximum absolute atomic E-state index is 13.0. The average molecular weight is 517 g/mol. The van der Waals surface area contributed by atoms with Crippen LogP contribution in [0.5, 0.6) is 5.75 Å². The van der Waals surface area contributed by atoms with Crippen LogP contribution < -0.4 is 4.74 Å². The molecule has 2 N–H and O–H groups in total. The van der Waals surface area contributed by atoms with Crippen LogP contribution in [0.1, 0.15) is 11.1 Å². The first-order valence-electron chi connectivity index (χ1n) is 9.37. The number of aryl methyl sites for hydroxylation is 1. The molecule has 34 heavy (non-hydrogen) atoms. The molecule has 0 aliphatic heterocycles. The fraction of sp³-hybridized carbons (Fsp3) is 0.200. The quantitative estimate of drug-likeness (QED) is 0.383. The van der Waals surface area contributed by atoms with E-state index in [4.69, 9.17) is 37.6 Å². The minimum Gasteiger partial charge on any atom is -0.490 e. The van der Waals surface area contributed by atoms with Gasteiger partial charge in [0.25, 0.3) is 5.89 Å². The second-order valence-corrected chi connectivity index (χ2v) is 7.93. The molecule has 14 heteroatoms. The van der Waals surface area contributed by atoms with Gasteiger partial charge in [-0.25, -0.2) is 9.78 Å². The molecule has 0 bridgehead atoms. The molecular weight excluding hydrogens is 504 g/mol. The molecule has 0 aliphatic rings. The number of aromatic nitrogens is 4. The van der Waals surface area contributed by atoms with Crippen molar-refractivity contribution in [2.75, 3.05) is 6.61 Å². The van der Waals surface area contributed by atoms with E-state index in [-0.39, 0.29) is 38.9 Å². The number of halogens is 5. The average Bonchev–Trinajstić information content (AvgIpc) is 3.40. The topological polar surface area (TPSA) is 123 Å². The van der Waals surface area contributed by atoms with E-state index in [1.54, 1.807) is 13.0 Å². The third-order valence-electron chi connectivity index (χ3n) is 4.67. The van der Waals surface area contributed by atoms with Crippen LogP contribution in [0.2, 0.25) is 10.0 Å². The summed E-state index contributed by atoms with van der Waals surface area (Å²) in [4.78, 5) is 19.1. The molecule has 3 heterocycles. The van der Waals surface area contributed by atoms with Gasteiger partial charge < -0.3 is 23.9 Å². The zero-order valence-electron chi connectivity index (χ0n) is 17.0. The van der Waals surface area contributed by atoms with Crippen LogP contribution in [0, 0.1) is 6.92 Å². The van der Waals surface area contributed by atoms with E-state index in [0.717, 1.165) is 16.7 Å². The molecule has 0 fully saturated rings. The third kappa shape index (κ3) is 4.65. The van der Waals surface area contributed by atoms with Crippen molar-refractivity contribution in [2.45, 2.75) is 19.2 Å². The van der Waals surface area contributed by atoms with Crippen LogP contribution in [0.25, 0.3) is 28.6 Å². The lowest BCUT2D eigenvalue weighted by Gasteiger charge is -2.12. The molecule has 0 aliphatic carbocycles. The lowest BCUT2D eigenvalue weighted by atomic mass is 10.1. The van der Waals surface area contributed by atoms with Gasteiger partial charge in [0.05, 0.1) is 15.6 Å². The number of carboxylic acids is 1. The van der Waals surface area contributed by atoms with Crippen molar-refractivity contribution < 1.29 is 37.4 Å². The van der Waals surface area contributed by atoms with Crippen LogP contribution in [-0.2, 0) is 11.0 Å². The Morgan fingerprint density at radius 2 is 1.94 bits per heavy atom. The number of benzene rings is 1. The number of carbonyl (C=O) groups is 1. The Hall–Kier alpha value is -3.35. The number of pyridine rings is 1. The molecule has 1 atom stereocenters. The Balaban J connectivity index is 1.63. The van der Waals surface area contributed by atoms with Crippen molar-refractivity contribution in [3.63, 3.8) is 0 Å². The number of rotatable bonds is 6. The van der Waals surface area contributed by atoms with E-state index in [9.17, 15) is 23.1 Å². The second kappa shape index (κ2) is 8.78. The first-order valence-corrected chi connectivity index (χ1v) is 10.1. The van der Waals surface area contributed by atoms with Crippen molar-refractivity contribution in [1.82, 2.24) is 19.5 Å². The predicted molar refractivity (Wildman–Crippen MR) is 113 cm³/mol. The highest BCUT2D eigenvalue weighted by molar-refractivity contribution is 6.33. The summed E-state index contributed by atoms with van der Waals surface area (Å²) in [6, 6.07) is 3.74. The molecule has 0 spiro atoms. The van der Waals surface area contributed by atoms with Gasteiger partial charge in [0.1, 0.15) is 18.1 Å². The van der Waals surface area contributed by atoms with Crippen LogP contribution >= 0.6 is 23.2 Å². The number of alkyl halides is 3. The minimum atomic E-state index is -4.59. The highest BCUT2D eigenvalue weighted by atomic mass is 35.5. The van der Waals surface area contributed by atoms with E-state index in [0.29, 0.717) is 11.1 Å². The summed E-state index contributed by atoms with van der Waals surface area (Å²) in [7, 11) is 0. The Morgan fingerprint density at radius 1 is 1.21 bits per heavy atom. The standard InChI is InChI=1S/C20H13Cl2F3N4O5/c1-8-2-10(11(21)4-15(8)33-7-14(30)19(31)32)16-27-18(34-28-16)13-6-29-5-9(20(23,24)25)3-12(22)17(29)26-13/h2-6,14,30H,7H2,1H3,(H,31,32). The number of hydrogen-bond donors (Lipinski definition) is 2. The number of aliphatic carboxylic acids is 1. The zero-order valence-corrected chi connectivity index (χ0v) is 18.5. The zero-order chi connectivity index (χ0) is 24.8. The first kappa shape index (κ1) is 23.8. The number of ether oxygens (including phenoxy) is 1. The molecule has 178 valence electrons. The molecule has 4 rings (SSSR count). The Bertz CT molecular complexity index is 1400. The van der Waals surface area contributed by atoms with E-state index in [1.165, 1.54) is 12.3 Å². The van der Waals surface area contributed by atoms with Crippen molar-refractivity contribution in [1.29, 1.82) is 0 Å². The number of aliphatic hydroxyl groups excluding tert-OH is 1. The van der Waals surface area contributed by atoms with Crippen molar-refractivity contribution >= 4 is 34.8 Å². The van der Waals surface area contributed by atoms with E-state index < -0.39 is 30.4 Å². The second-order valence-electron chi connectivity index (χ2n) is 7.12. The number of hydrogen-bond acceptors (Lipinski definition) is 7. The number of aliphatic hydroxyl groups is 1. The third-order valence-corrected chi connectivity index (χ3v) is 5.26. The molecule has 0 saturated carbocycles. The van der Waals surface area contributed by atoms with Crippen LogP contribution in [0.4, 0.5) is 13.2 Å². The molecule has 1 aromatic carbocycles. The Morgan fingerprint density at radius 3 is 2.62 bits per heavy atom. The van der Waals surface area contributed by atoms with E-state index >= 15 is 0 Å². The van der Waals surface area contributed by atoms with Crippen molar-refractivity contribution in [3.8, 4) is 28.7 Å². The van der Waals surface area contributed by atoms with Crippen LogP contribution in [0.3, 0.4) is 0 Å². The van der Waals surface area contributed by atoms with Gasteiger partial charge in [0.2, 0.25) is 5.82 Å². The van der Waals surface area contributed by atoms with Gasteiger partial charge in [-0.2, -0.15) is 18.2 Å². The van der Waals surface area contributed by atoms with Gasteiger partial charge in [-0.1, -0.05) is 28.4 Å². The van der Waals surface area contributed by atoms with Gasteiger partial charge in [-0.05, 0) is 30.7 Å². The first-order chi connectivity index (χ1) is 15.9. The molecule has 3 aromatic heterocycles. The summed E-state index contributed by atoms with van der Waals surface area (Å²) in [6.07, 6.45) is -4.18. The number of nitrogens with zero attached hydrogens (tertiary/aromatic N) is 4. The van der Waals surface area contributed by atoms with Gasteiger partial charge in [0.15, 0.2) is 11.8 Å². The lowest BCUT2D eigenvalue weighted by molar-refractivity contribution is -0.148. The molecule has 1 unspecified atom stereocenters. The molecule has 0 radical (unpaired) electrons. The largest absolute Gasteiger partial charge is 0.490 e. The maximum atomic E-state index is 13.0. The minimum absolute atomic E-state index is 0.0688. The number of carboxylic acid groups (broad SMARTS) is 1. The van der Waals surface area contributed by atoms with Crippen molar-refractivity contribution in [2.24, 2.45) is 0 Å². The summed E-state index contributed by atoms with van der Waals surface area (Å²) < 4.78 is 50.8. The smallest absolute Gasteiger partial charge is 0.417 e.